The number of pyridine rings is 1. The molecule has 0 spiro atoms. The van der Waals surface area contributed by atoms with Crippen molar-refractivity contribution in [3.8, 4) is 0 Å². The molecule has 5 nitrogen and oxygen atoms in total. The molecule has 21 heavy (non-hydrogen) atoms. The molecule has 0 radical (unpaired) electrons. The average Bonchev–Trinajstić information content (AvgIpc) is 2.36. The maximum absolute atomic E-state index is 12.2. The Morgan fingerprint density at radius 2 is 2.00 bits per heavy atom. The van der Waals surface area contributed by atoms with Crippen molar-refractivity contribution in [1.82, 2.24) is 4.98 Å². The molecule has 2 heterocycles. The number of hydrogen-bond donors (Lipinski definition) is 1. The van der Waals surface area contributed by atoms with Gasteiger partial charge in [0.2, 0.25) is 0 Å². The predicted octanol–water partition coefficient (Wildman–Crippen LogP) is 3.01. The van der Waals surface area contributed by atoms with E-state index in [0.717, 1.165) is 12.8 Å². The molecule has 0 bridgehead atoms. The summed E-state index contributed by atoms with van der Waals surface area (Å²) < 4.78 is 11.2. The third-order valence-electron chi connectivity index (χ3n) is 3.32. The maximum atomic E-state index is 12.2. The van der Waals surface area contributed by atoms with Crippen molar-refractivity contribution in [3.63, 3.8) is 0 Å². The lowest BCUT2D eigenvalue weighted by Gasteiger charge is -2.31. The fourth-order valence-electron chi connectivity index (χ4n) is 2.58. The lowest BCUT2D eigenvalue weighted by atomic mass is 10.0. The first-order chi connectivity index (χ1) is 9.94. The van der Waals surface area contributed by atoms with Crippen LogP contribution in [0.5, 0.6) is 0 Å². The van der Waals surface area contributed by atoms with E-state index in [1.54, 1.807) is 6.07 Å². The highest BCUT2D eigenvalue weighted by Crippen LogP contribution is 2.22. The lowest BCUT2D eigenvalue weighted by molar-refractivity contribution is -0.0856. The number of anilines is 1. The van der Waals surface area contributed by atoms with Gasteiger partial charge in [0, 0.05) is 18.9 Å². The smallest absolute Gasteiger partial charge is 0.357 e. The summed E-state index contributed by atoms with van der Waals surface area (Å²) in [5.74, 6) is 0.321. The molecule has 0 amide bonds. The number of carbonyl (C=O) groups excluding carboxylic acids is 1. The van der Waals surface area contributed by atoms with Crippen LogP contribution in [0.1, 0.15) is 51.0 Å². The Balaban J connectivity index is 1.99. The maximum Gasteiger partial charge on any atom is 0.357 e. The van der Waals surface area contributed by atoms with Crippen molar-refractivity contribution in [1.29, 1.82) is 0 Å². The molecule has 2 unspecified atom stereocenters. The molecule has 1 saturated heterocycles. The predicted molar refractivity (Wildman–Crippen MR) is 81.4 cm³/mol. The van der Waals surface area contributed by atoms with Crippen molar-refractivity contribution >= 4 is 11.8 Å². The molecule has 1 aromatic heterocycles. The number of ether oxygens (including phenoxy) is 2. The van der Waals surface area contributed by atoms with E-state index in [1.807, 2.05) is 39.8 Å². The zero-order valence-corrected chi connectivity index (χ0v) is 13.1. The van der Waals surface area contributed by atoms with Crippen molar-refractivity contribution in [2.75, 3.05) is 5.32 Å². The first-order valence-corrected chi connectivity index (χ1v) is 7.54. The van der Waals surface area contributed by atoms with Gasteiger partial charge in [0.15, 0.2) is 5.69 Å². The number of carbonyl (C=O) groups is 1. The van der Waals surface area contributed by atoms with Gasteiger partial charge in [-0.15, -0.1) is 0 Å². The average molecular weight is 292 g/mol. The molecular formula is C16H24N2O3. The van der Waals surface area contributed by atoms with E-state index in [-0.39, 0.29) is 30.3 Å². The van der Waals surface area contributed by atoms with Crippen LogP contribution in [0.25, 0.3) is 0 Å². The van der Waals surface area contributed by atoms with Crippen LogP contribution in [0.15, 0.2) is 18.2 Å². The number of aromatic nitrogens is 1. The zero-order chi connectivity index (χ0) is 15.4. The normalized spacial score (nSPS) is 25.7. The summed E-state index contributed by atoms with van der Waals surface area (Å²) >= 11 is 0. The van der Waals surface area contributed by atoms with Crippen molar-refractivity contribution in [2.45, 2.75) is 64.9 Å². The largest absolute Gasteiger partial charge is 0.457 e. The Morgan fingerprint density at radius 3 is 2.62 bits per heavy atom. The first kappa shape index (κ1) is 15.8. The molecule has 2 atom stereocenters. The van der Waals surface area contributed by atoms with E-state index in [4.69, 9.17) is 9.47 Å². The second-order valence-electron chi connectivity index (χ2n) is 5.96. The van der Waals surface area contributed by atoms with E-state index < -0.39 is 0 Å². The van der Waals surface area contributed by atoms with E-state index >= 15 is 0 Å². The Morgan fingerprint density at radius 1 is 1.33 bits per heavy atom. The van der Waals surface area contributed by atoms with Crippen LogP contribution in [0, 0.1) is 0 Å². The third-order valence-corrected chi connectivity index (χ3v) is 3.32. The SMILES string of the molecule is CC(C)Nc1cccc(C(=O)OC2CC(C)OC(C)C2)n1. The van der Waals surface area contributed by atoms with E-state index in [1.165, 1.54) is 0 Å². The third kappa shape index (κ3) is 4.70. The summed E-state index contributed by atoms with van der Waals surface area (Å²) in [7, 11) is 0. The molecule has 1 aliphatic rings. The van der Waals surface area contributed by atoms with E-state index in [9.17, 15) is 4.79 Å². The molecule has 0 aromatic carbocycles. The van der Waals surface area contributed by atoms with Crippen molar-refractivity contribution in [2.24, 2.45) is 0 Å². The Labute approximate surface area is 126 Å². The van der Waals surface area contributed by atoms with Crippen LogP contribution in [-0.4, -0.2) is 35.3 Å². The summed E-state index contributed by atoms with van der Waals surface area (Å²) in [6.07, 6.45) is 1.61. The fraction of sp³-hybridized carbons (Fsp3) is 0.625. The molecule has 116 valence electrons. The van der Waals surface area contributed by atoms with Gasteiger partial charge in [-0.3, -0.25) is 0 Å². The summed E-state index contributed by atoms with van der Waals surface area (Å²) in [6.45, 7) is 8.05. The van der Waals surface area contributed by atoms with Crippen molar-refractivity contribution in [3.05, 3.63) is 23.9 Å². The monoisotopic (exact) mass is 292 g/mol. The lowest BCUT2D eigenvalue weighted by Crippen LogP contribution is -2.35. The summed E-state index contributed by atoms with van der Waals surface area (Å²) in [4.78, 5) is 16.5. The van der Waals surface area contributed by atoms with Crippen LogP contribution >= 0.6 is 0 Å². The molecule has 1 fully saturated rings. The van der Waals surface area contributed by atoms with Crippen LogP contribution in [0.3, 0.4) is 0 Å². The second-order valence-corrected chi connectivity index (χ2v) is 5.96. The highest BCUT2D eigenvalue weighted by Gasteiger charge is 2.27. The topological polar surface area (TPSA) is 60.5 Å². The van der Waals surface area contributed by atoms with Gasteiger partial charge in [0.25, 0.3) is 0 Å². The zero-order valence-electron chi connectivity index (χ0n) is 13.1. The molecule has 2 rings (SSSR count). The second kappa shape index (κ2) is 6.89. The van der Waals surface area contributed by atoms with Gasteiger partial charge in [-0.1, -0.05) is 6.07 Å². The van der Waals surface area contributed by atoms with Gasteiger partial charge in [0.1, 0.15) is 11.9 Å². The van der Waals surface area contributed by atoms with E-state index in [2.05, 4.69) is 10.3 Å². The van der Waals surface area contributed by atoms with Gasteiger partial charge in [-0.25, -0.2) is 9.78 Å². The van der Waals surface area contributed by atoms with Gasteiger partial charge in [-0.2, -0.15) is 0 Å². The van der Waals surface area contributed by atoms with Gasteiger partial charge >= 0.3 is 5.97 Å². The van der Waals surface area contributed by atoms with Crippen LogP contribution in [-0.2, 0) is 9.47 Å². The minimum absolute atomic E-state index is 0.0974. The quantitative estimate of drug-likeness (QED) is 0.864. The van der Waals surface area contributed by atoms with Gasteiger partial charge in [-0.05, 0) is 39.8 Å². The fourth-order valence-corrected chi connectivity index (χ4v) is 2.58. The summed E-state index contributed by atoms with van der Waals surface area (Å²) in [6, 6.07) is 5.60. The standard InChI is InChI=1S/C16H24N2O3/c1-10(2)17-15-7-5-6-14(18-15)16(19)21-13-8-11(3)20-12(4)9-13/h5-7,10-13H,8-9H2,1-4H3,(H,17,18). The highest BCUT2D eigenvalue weighted by molar-refractivity contribution is 5.87. The van der Waals surface area contributed by atoms with Crippen LogP contribution in [0.2, 0.25) is 0 Å². The highest BCUT2D eigenvalue weighted by atomic mass is 16.6. The number of esters is 1. The molecule has 0 saturated carbocycles. The van der Waals surface area contributed by atoms with Crippen LogP contribution < -0.4 is 5.32 Å². The minimum atomic E-state index is -0.367. The Hall–Kier alpha value is -1.62. The van der Waals surface area contributed by atoms with Gasteiger partial charge < -0.3 is 14.8 Å². The molecule has 1 aliphatic heterocycles. The number of hydrogen-bond acceptors (Lipinski definition) is 5. The Bertz CT molecular complexity index is 480. The summed E-state index contributed by atoms with van der Waals surface area (Å²) in [5, 5.41) is 3.18. The molecule has 1 aromatic rings. The first-order valence-electron chi connectivity index (χ1n) is 7.54. The number of nitrogens with one attached hydrogen (secondary N) is 1. The minimum Gasteiger partial charge on any atom is -0.457 e. The molecular weight excluding hydrogens is 268 g/mol. The van der Waals surface area contributed by atoms with E-state index in [0.29, 0.717) is 11.5 Å². The number of rotatable bonds is 4. The summed E-state index contributed by atoms with van der Waals surface area (Å²) in [5.41, 5.74) is 0.340. The van der Waals surface area contributed by atoms with Crippen molar-refractivity contribution < 1.29 is 14.3 Å². The van der Waals surface area contributed by atoms with Crippen LogP contribution in [0.4, 0.5) is 5.82 Å². The molecule has 1 N–H and O–H groups in total. The number of nitrogens with zero attached hydrogens (tertiary/aromatic N) is 1. The van der Waals surface area contributed by atoms with Gasteiger partial charge in [0.05, 0.1) is 12.2 Å². The molecule has 5 heteroatoms. The Kier molecular flexibility index (Phi) is 5.17. The molecule has 0 aliphatic carbocycles.